The number of hydrogen-bond acceptors (Lipinski definition) is 4. The van der Waals surface area contributed by atoms with E-state index in [-0.39, 0.29) is 6.04 Å². The zero-order chi connectivity index (χ0) is 24.2. The van der Waals surface area contributed by atoms with Crippen molar-refractivity contribution in [3.05, 3.63) is 58.1 Å². The quantitative estimate of drug-likeness (QED) is 0.651. The molecule has 0 radical (unpaired) electrons. The summed E-state index contributed by atoms with van der Waals surface area (Å²) in [5.74, 6) is -1.20. The van der Waals surface area contributed by atoms with Gasteiger partial charge in [-0.3, -0.25) is 14.5 Å². The molecule has 1 saturated heterocycles. The van der Waals surface area contributed by atoms with Crippen LogP contribution < -0.4 is 15.5 Å². The Balaban J connectivity index is 1.48. The van der Waals surface area contributed by atoms with E-state index in [4.69, 9.17) is 0 Å². The normalized spacial score (nSPS) is 17.1. The summed E-state index contributed by atoms with van der Waals surface area (Å²) in [6.45, 7) is 9.48. The Hall–Kier alpha value is -2.86. The minimum atomic E-state index is -0.612. The predicted octanol–water partition coefficient (Wildman–Crippen LogP) is 4.28. The van der Waals surface area contributed by atoms with Crippen LogP contribution in [0, 0.1) is 20.8 Å². The molecule has 1 fully saturated rings. The standard InChI is InChI=1S/C28H38N4O2/c1-19-15-20(2)26(21(3)16-19)30-28(34)27(33)29-18-25(32-13-6-5-7-14-32)23-10-11-24-22(17-23)9-8-12-31(24)4/h10-11,15-17,25H,5-9,12-14,18H2,1-4H3,(H,29,33)(H,30,34). The number of anilines is 2. The molecule has 182 valence electrons. The van der Waals surface area contributed by atoms with Crippen molar-refractivity contribution in [2.24, 2.45) is 0 Å². The molecular weight excluding hydrogens is 424 g/mol. The molecular formula is C28H38N4O2. The maximum absolute atomic E-state index is 12.8. The first-order valence-corrected chi connectivity index (χ1v) is 12.6. The number of nitrogens with one attached hydrogen (secondary N) is 2. The molecule has 2 N–H and O–H groups in total. The van der Waals surface area contributed by atoms with Crippen LogP contribution in [0.5, 0.6) is 0 Å². The van der Waals surface area contributed by atoms with Crippen LogP contribution in [0.15, 0.2) is 30.3 Å². The molecule has 6 nitrogen and oxygen atoms in total. The molecule has 0 spiro atoms. The highest BCUT2D eigenvalue weighted by atomic mass is 16.2. The number of carbonyl (C=O) groups excluding carboxylic acids is 2. The molecule has 2 heterocycles. The average molecular weight is 463 g/mol. The highest BCUT2D eigenvalue weighted by molar-refractivity contribution is 6.39. The summed E-state index contributed by atoms with van der Waals surface area (Å²) in [6, 6.07) is 10.8. The number of carbonyl (C=O) groups is 2. The van der Waals surface area contributed by atoms with Gasteiger partial charge in [0, 0.05) is 31.5 Å². The van der Waals surface area contributed by atoms with Crippen molar-refractivity contribution < 1.29 is 9.59 Å². The van der Waals surface area contributed by atoms with Gasteiger partial charge in [0.05, 0.1) is 6.04 Å². The van der Waals surface area contributed by atoms with Crippen LogP contribution in [0.1, 0.15) is 59.5 Å². The Morgan fingerprint density at radius 2 is 1.62 bits per heavy atom. The highest BCUT2D eigenvalue weighted by Gasteiger charge is 2.26. The van der Waals surface area contributed by atoms with Gasteiger partial charge in [0.15, 0.2) is 0 Å². The molecule has 0 aromatic heterocycles. The summed E-state index contributed by atoms with van der Waals surface area (Å²) < 4.78 is 0. The molecule has 1 atom stereocenters. The molecule has 2 aromatic carbocycles. The van der Waals surface area contributed by atoms with E-state index < -0.39 is 11.8 Å². The summed E-state index contributed by atoms with van der Waals surface area (Å²) in [4.78, 5) is 30.3. The van der Waals surface area contributed by atoms with Gasteiger partial charge in [-0.05, 0) is 87.9 Å². The van der Waals surface area contributed by atoms with Crippen molar-refractivity contribution >= 4 is 23.2 Å². The maximum atomic E-state index is 12.8. The number of hydrogen-bond donors (Lipinski definition) is 2. The highest BCUT2D eigenvalue weighted by Crippen LogP contribution is 2.31. The number of nitrogens with zero attached hydrogens (tertiary/aromatic N) is 2. The first kappa shape index (κ1) is 24.3. The van der Waals surface area contributed by atoms with E-state index in [1.54, 1.807) is 0 Å². The smallest absolute Gasteiger partial charge is 0.313 e. The number of rotatable bonds is 5. The predicted molar refractivity (Wildman–Crippen MR) is 138 cm³/mol. The Bertz CT molecular complexity index is 1040. The lowest BCUT2D eigenvalue weighted by Crippen LogP contribution is -2.43. The van der Waals surface area contributed by atoms with Gasteiger partial charge in [-0.15, -0.1) is 0 Å². The van der Waals surface area contributed by atoms with Crippen LogP contribution in [0.3, 0.4) is 0 Å². The Morgan fingerprint density at radius 1 is 0.912 bits per heavy atom. The second kappa shape index (κ2) is 10.6. The fourth-order valence-corrected chi connectivity index (χ4v) is 5.52. The molecule has 0 bridgehead atoms. The first-order chi connectivity index (χ1) is 16.3. The molecule has 2 aromatic rings. The minimum absolute atomic E-state index is 0.0671. The van der Waals surface area contributed by atoms with Crippen LogP contribution in [-0.2, 0) is 16.0 Å². The van der Waals surface area contributed by atoms with Gasteiger partial charge < -0.3 is 15.5 Å². The number of likely N-dealkylation sites (tertiary alicyclic amines) is 1. The van der Waals surface area contributed by atoms with Crippen LogP contribution in [0.4, 0.5) is 11.4 Å². The monoisotopic (exact) mass is 462 g/mol. The average Bonchev–Trinajstić information content (AvgIpc) is 2.82. The summed E-state index contributed by atoms with van der Waals surface area (Å²) in [5.41, 5.74) is 7.69. The van der Waals surface area contributed by atoms with Gasteiger partial charge in [0.25, 0.3) is 0 Å². The second-order valence-corrected chi connectivity index (χ2v) is 9.96. The second-order valence-electron chi connectivity index (χ2n) is 9.96. The molecule has 6 heteroatoms. The number of amides is 2. The van der Waals surface area contributed by atoms with Crippen molar-refractivity contribution in [1.29, 1.82) is 0 Å². The summed E-state index contributed by atoms with van der Waals surface area (Å²) in [5, 5.41) is 5.76. The Kier molecular flexibility index (Phi) is 7.57. The largest absolute Gasteiger partial charge is 0.374 e. The van der Waals surface area contributed by atoms with E-state index in [1.165, 1.54) is 36.1 Å². The first-order valence-electron chi connectivity index (χ1n) is 12.6. The Labute approximate surface area is 203 Å². The topological polar surface area (TPSA) is 64.7 Å². The van der Waals surface area contributed by atoms with Gasteiger partial charge >= 0.3 is 11.8 Å². The molecule has 0 aliphatic carbocycles. The minimum Gasteiger partial charge on any atom is -0.374 e. The van der Waals surface area contributed by atoms with Crippen molar-refractivity contribution in [3.8, 4) is 0 Å². The zero-order valence-corrected chi connectivity index (χ0v) is 21.0. The van der Waals surface area contributed by atoms with Crippen molar-refractivity contribution in [2.75, 3.05) is 43.4 Å². The lowest BCUT2D eigenvalue weighted by molar-refractivity contribution is -0.136. The van der Waals surface area contributed by atoms with E-state index in [2.05, 4.69) is 45.7 Å². The van der Waals surface area contributed by atoms with E-state index in [9.17, 15) is 9.59 Å². The van der Waals surface area contributed by atoms with Crippen LogP contribution >= 0.6 is 0 Å². The lowest BCUT2D eigenvalue weighted by atomic mass is 9.95. The molecule has 34 heavy (non-hydrogen) atoms. The van der Waals surface area contributed by atoms with Crippen LogP contribution in [-0.4, -0.2) is 49.9 Å². The number of aryl methyl sites for hydroxylation is 4. The third-order valence-corrected chi connectivity index (χ3v) is 7.25. The van der Waals surface area contributed by atoms with Crippen LogP contribution in [0.25, 0.3) is 0 Å². The van der Waals surface area contributed by atoms with Crippen molar-refractivity contribution in [2.45, 2.75) is 58.9 Å². The molecule has 1 unspecified atom stereocenters. The summed E-state index contributed by atoms with van der Waals surface area (Å²) >= 11 is 0. The summed E-state index contributed by atoms with van der Waals surface area (Å²) in [7, 11) is 2.15. The zero-order valence-electron chi connectivity index (χ0n) is 21.0. The molecule has 2 aliphatic rings. The maximum Gasteiger partial charge on any atom is 0.313 e. The third-order valence-electron chi connectivity index (χ3n) is 7.25. The third kappa shape index (κ3) is 5.44. The number of fused-ring (bicyclic) bond motifs is 1. The van der Waals surface area contributed by atoms with Gasteiger partial charge in [-0.2, -0.15) is 0 Å². The van der Waals surface area contributed by atoms with Crippen LogP contribution in [0.2, 0.25) is 0 Å². The van der Waals surface area contributed by atoms with Gasteiger partial charge in [-0.25, -0.2) is 0 Å². The number of benzene rings is 2. The van der Waals surface area contributed by atoms with Gasteiger partial charge in [0.2, 0.25) is 0 Å². The van der Waals surface area contributed by atoms with E-state index >= 15 is 0 Å². The fourth-order valence-electron chi connectivity index (χ4n) is 5.52. The van der Waals surface area contributed by atoms with Gasteiger partial charge in [-0.1, -0.05) is 36.2 Å². The lowest BCUT2D eigenvalue weighted by Gasteiger charge is -2.36. The molecule has 2 amide bonds. The number of piperidine rings is 1. The van der Waals surface area contributed by atoms with Crippen molar-refractivity contribution in [1.82, 2.24) is 10.2 Å². The van der Waals surface area contributed by atoms with Crippen molar-refractivity contribution in [3.63, 3.8) is 0 Å². The van der Waals surface area contributed by atoms with E-state index in [0.717, 1.165) is 54.9 Å². The fraction of sp³-hybridized carbons (Fsp3) is 0.500. The molecule has 0 saturated carbocycles. The van der Waals surface area contributed by atoms with E-state index in [1.807, 2.05) is 32.9 Å². The molecule has 4 rings (SSSR count). The summed E-state index contributed by atoms with van der Waals surface area (Å²) in [6.07, 6.45) is 5.84. The Morgan fingerprint density at radius 3 is 2.32 bits per heavy atom. The van der Waals surface area contributed by atoms with Gasteiger partial charge in [0.1, 0.15) is 0 Å². The SMILES string of the molecule is Cc1cc(C)c(NC(=O)C(=O)NCC(c2ccc3c(c2)CCCN3C)N2CCCCC2)c(C)c1. The van der Waals surface area contributed by atoms with E-state index in [0.29, 0.717) is 6.54 Å². The molecule has 2 aliphatic heterocycles.